The van der Waals surface area contributed by atoms with Crippen LogP contribution in [-0.4, -0.2) is 35.3 Å². The summed E-state index contributed by atoms with van der Waals surface area (Å²) in [5.74, 6) is 1.80. The fourth-order valence-corrected chi connectivity index (χ4v) is 3.62. The zero-order valence-electron chi connectivity index (χ0n) is 16.7. The van der Waals surface area contributed by atoms with Crippen LogP contribution in [0.2, 0.25) is 0 Å². The highest BCUT2D eigenvalue weighted by Crippen LogP contribution is 2.23. The van der Waals surface area contributed by atoms with Gasteiger partial charge in [-0.25, -0.2) is 9.97 Å². The Labute approximate surface area is 175 Å². The van der Waals surface area contributed by atoms with Crippen molar-refractivity contribution in [3.05, 3.63) is 71.9 Å². The Hall–Kier alpha value is -2.86. The maximum Gasteiger partial charge on any atom is 0.230 e. The Kier molecular flexibility index (Phi) is 7.64. The van der Waals surface area contributed by atoms with E-state index in [2.05, 4.69) is 27.4 Å². The molecule has 1 heterocycles. The summed E-state index contributed by atoms with van der Waals surface area (Å²) in [6, 6.07) is 19.8. The van der Waals surface area contributed by atoms with Gasteiger partial charge in [0.2, 0.25) is 5.91 Å². The minimum Gasteiger partial charge on any atom is -0.497 e. The standard InChI is InChI=1S/C23H25N3O2S/c1-17-15-22(26-23(25-17)19-10-12-20(28-2)13-11-19)29-16-21(27)24-14-6-9-18-7-4-3-5-8-18/h3-5,7-8,10-13,15H,6,9,14,16H2,1-2H3,(H,24,27). The Morgan fingerprint density at radius 2 is 1.83 bits per heavy atom. The van der Waals surface area contributed by atoms with E-state index in [1.54, 1.807) is 7.11 Å². The lowest BCUT2D eigenvalue weighted by molar-refractivity contribution is -0.118. The number of thioether (sulfide) groups is 1. The number of aromatic nitrogens is 2. The van der Waals surface area contributed by atoms with E-state index in [1.807, 2.05) is 55.5 Å². The first kappa shape index (κ1) is 20.9. The van der Waals surface area contributed by atoms with Crippen LogP contribution in [0.5, 0.6) is 5.75 Å². The number of methoxy groups -OCH3 is 1. The molecule has 0 unspecified atom stereocenters. The molecule has 0 aliphatic carbocycles. The van der Waals surface area contributed by atoms with Gasteiger partial charge < -0.3 is 10.1 Å². The van der Waals surface area contributed by atoms with Crippen LogP contribution in [0, 0.1) is 6.92 Å². The molecule has 1 aromatic heterocycles. The number of rotatable bonds is 9. The lowest BCUT2D eigenvalue weighted by atomic mass is 10.1. The van der Waals surface area contributed by atoms with Gasteiger partial charge in [0, 0.05) is 17.8 Å². The highest BCUT2D eigenvalue weighted by molar-refractivity contribution is 7.99. The summed E-state index contributed by atoms with van der Waals surface area (Å²) in [7, 11) is 1.64. The number of carbonyl (C=O) groups is 1. The lowest BCUT2D eigenvalue weighted by Gasteiger charge is -2.08. The number of benzene rings is 2. The van der Waals surface area contributed by atoms with E-state index in [1.165, 1.54) is 17.3 Å². The van der Waals surface area contributed by atoms with Gasteiger partial charge >= 0.3 is 0 Å². The Balaban J connectivity index is 1.49. The smallest absolute Gasteiger partial charge is 0.230 e. The molecular weight excluding hydrogens is 382 g/mol. The van der Waals surface area contributed by atoms with Gasteiger partial charge in [-0.2, -0.15) is 0 Å². The molecule has 0 radical (unpaired) electrons. The number of amides is 1. The predicted molar refractivity (Wildman–Crippen MR) is 117 cm³/mol. The van der Waals surface area contributed by atoms with E-state index in [0.717, 1.165) is 34.9 Å². The van der Waals surface area contributed by atoms with Crippen molar-refractivity contribution in [1.29, 1.82) is 0 Å². The normalized spacial score (nSPS) is 10.6. The average Bonchev–Trinajstić information content (AvgIpc) is 2.76. The molecule has 0 spiro atoms. The third kappa shape index (κ3) is 6.61. The maximum atomic E-state index is 12.1. The van der Waals surface area contributed by atoms with Gasteiger partial charge in [0.25, 0.3) is 0 Å². The first-order valence-electron chi connectivity index (χ1n) is 9.57. The van der Waals surface area contributed by atoms with E-state index < -0.39 is 0 Å². The second kappa shape index (κ2) is 10.6. The number of carbonyl (C=O) groups excluding carboxylic acids is 1. The van der Waals surface area contributed by atoms with Gasteiger partial charge in [0.15, 0.2) is 5.82 Å². The molecule has 1 N–H and O–H groups in total. The molecular formula is C23H25N3O2S. The zero-order chi connectivity index (χ0) is 20.5. The van der Waals surface area contributed by atoms with Gasteiger partial charge in [0.05, 0.1) is 12.9 Å². The van der Waals surface area contributed by atoms with E-state index in [0.29, 0.717) is 18.1 Å². The topological polar surface area (TPSA) is 64.1 Å². The van der Waals surface area contributed by atoms with Crippen molar-refractivity contribution in [3.8, 4) is 17.1 Å². The molecule has 3 aromatic rings. The van der Waals surface area contributed by atoms with Crippen molar-refractivity contribution >= 4 is 17.7 Å². The van der Waals surface area contributed by atoms with Gasteiger partial charge in [-0.1, -0.05) is 42.1 Å². The number of hydrogen-bond donors (Lipinski definition) is 1. The molecule has 0 atom stereocenters. The molecule has 5 nitrogen and oxygen atoms in total. The van der Waals surface area contributed by atoms with Crippen molar-refractivity contribution in [2.75, 3.05) is 19.4 Å². The number of aryl methyl sites for hydroxylation is 2. The fourth-order valence-electron chi connectivity index (χ4n) is 2.84. The molecule has 0 fully saturated rings. The molecule has 2 aromatic carbocycles. The van der Waals surface area contributed by atoms with Crippen molar-refractivity contribution in [3.63, 3.8) is 0 Å². The van der Waals surface area contributed by atoms with Crippen molar-refractivity contribution in [2.24, 2.45) is 0 Å². The molecule has 29 heavy (non-hydrogen) atoms. The number of nitrogens with one attached hydrogen (secondary N) is 1. The monoisotopic (exact) mass is 407 g/mol. The van der Waals surface area contributed by atoms with Crippen molar-refractivity contribution < 1.29 is 9.53 Å². The minimum atomic E-state index is 0.0188. The molecule has 6 heteroatoms. The first-order chi connectivity index (χ1) is 14.1. The summed E-state index contributed by atoms with van der Waals surface area (Å²) in [6.45, 7) is 2.61. The van der Waals surface area contributed by atoms with Gasteiger partial charge in [-0.3, -0.25) is 4.79 Å². The summed E-state index contributed by atoms with van der Waals surface area (Å²) in [5.41, 5.74) is 3.08. The van der Waals surface area contributed by atoms with E-state index in [9.17, 15) is 4.79 Å². The highest BCUT2D eigenvalue weighted by Gasteiger charge is 2.08. The summed E-state index contributed by atoms with van der Waals surface area (Å²) >= 11 is 1.43. The Bertz CT molecular complexity index is 931. The molecule has 0 aliphatic heterocycles. The van der Waals surface area contributed by atoms with Gasteiger partial charge in [-0.05, 0) is 55.7 Å². The van der Waals surface area contributed by atoms with Crippen molar-refractivity contribution in [1.82, 2.24) is 15.3 Å². The number of ether oxygens (including phenoxy) is 1. The van der Waals surface area contributed by atoms with E-state index in [-0.39, 0.29) is 5.91 Å². The summed E-state index contributed by atoms with van der Waals surface area (Å²) in [6.07, 6.45) is 1.89. The Morgan fingerprint density at radius 1 is 1.07 bits per heavy atom. The molecule has 1 amide bonds. The number of hydrogen-bond acceptors (Lipinski definition) is 5. The molecule has 0 aliphatic rings. The second-order valence-corrected chi connectivity index (χ2v) is 7.62. The molecule has 0 saturated carbocycles. The van der Waals surface area contributed by atoms with Gasteiger partial charge in [0.1, 0.15) is 10.8 Å². The average molecular weight is 408 g/mol. The van der Waals surface area contributed by atoms with Crippen LogP contribution in [0.15, 0.2) is 65.7 Å². The third-order valence-corrected chi connectivity index (χ3v) is 5.25. The van der Waals surface area contributed by atoms with Crippen LogP contribution in [0.3, 0.4) is 0 Å². The Morgan fingerprint density at radius 3 is 2.55 bits per heavy atom. The van der Waals surface area contributed by atoms with Crippen LogP contribution in [0.1, 0.15) is 17.7 Å². The van der Waals surface area contributed by atoms with Crippen molar-refractivity contribution in [2.45, 2.75) is 24.8 Å². The molecule has 0 bridgehead atoms. The molecule has 0 saturated heterocycles. The minimum absolute atomic E-state index is 0.0188. The quantitative estimate of drug-likeness (QED) is 0.325. The lowest BCUT2D eigenvalue weighted by Crippen LogP contribution is -2.26. The first-order valence-corrected chi connectivity index (χ1v) is 10.6. The number of nitrogens with zero attached hydrogens (tertiary/aromatic N) is 2. The third-order valence-electron chi connectivity index (χ3n) is 4.34. The second-order valence-electron chi connectivity index (χ2n) is 6.63. The highest BCUT2D eigenvalue weighted by atomic mass is 32.2. The summed E-state index contributed by atoms with van der Waals surface area (Å²) in [4.78, 5) is 21.3. The fraction of sp³-hybridized carbons (Fsp3) is 0.261. The van der Waals surface area contributed by atoms with Crippen LogP contribution in [-0.2, 0) is 11.2 Å². The SMILES string of the molecule is COc1ccc(-c2nc(C)cc(SCC(=O)NCCCc3ccccc3)n2)cc1. The summed E-state index contributed by atoms with van der Waals surface area (Å²) < 4.78 is 5.19. The van der Waals surface area contributed by atoms with E-state index >= 15 is 0 Å². The molecule has 150 valence electrons. The van der Waals surface area contributed by atoms with Crippen LogP contribution in [0.4, 0.5) is 0 Å². The van der Waals surface area contributed by atoms with Crippen LogP contribution < -0.4 is 10.1 Å². The summed E-state index contributed by atoms with van der Waals surface area (Å²) in [5, 5.41) is 3.77. The molecule has 3 rings (SSSR count). The van der Waals surface area contributed by atoms with Crippen LogP contribution >= 0.6 is 11.8 Å². The largest absolute Gasteiger partial charge is 0.497 e. The zero-order valence-corrected chi connectivity index (χ0v) is 17.5. The maximum absolute atomic E-state index is 12.1. The predicted octanol–water partition coefficient (Wildman–Crippen LogP) is 4.30. The van der Waals surface area contributed by atoms with Crippen LogP contribution in [0.25, 0.3) is 11.4 Å². The van der Waals surface area contributed by atoms with E-state index in [4.69, 9.17) is 4.74 Å². The van der Waals surface area contributed by atoms with Gasteiger partial charge in [-0.15, -0.1) is 0 Å².